The Kier molecular flexibility index (Phi) is 6.69. The predicted octanol–water partition coefficient (Wildman–Crippen LogP) is 4.10. The van der Waals surface area contributed by atoms with Crippen molar-refractivity contribution in [1.82, 2.24) is 0 Å². The summed E-state index contributed by atoms with van der Waals surface area (Å²) >= 11 is 0. The fourth-order valence-corrected chi connectivity index (χ4v) is 3.57. The van der Waals surface area contributed by atoms with Gasteiger partial charge >= 0.3 is 20.2 Å². The van der Waals surface area contributed by atoms with Gasteiger partial charge in [0.05, 0.1) is 18.1 Å². The fourth-order valence-electron chi connectivity index (χ4n) is 2.61. The third-order valence-corrected chi connectivity index (χ3v) is 4.47. The van der Waals surface area contributed by atoms with E-state index in [-0.39, 0.29) is 17.1 Å². The van der Waals surface area contributed by atoms with Crippen molar-refractivity contribution in [2.45, 2.75) is 13.8 Å². The molecule has 2 aromatic carbocycles. The average Bonchev–Trinajstić information content (AvgIpc) is 2.56. The van der Waals surface area contributed by atoms with Crippen molar-refractivity contribution in [3.63, 3.8) is 0 Å². The SMILES string of the molecule is CC=Cc1cccc(-c2ccc(OS(C)(=O)=O)c(C=CC)c2OS(C)(=O)=O)c1. The van der Waals surface area contributed by atoms with Crippen LogP contribution in [0.2, 0.25) is 0 Å². The van der Waals surface area contributed by atoms with E-state index in [9.17, 15) is 16.8 Å². The summed E-state index contributed by atoms with van der Waals surface area (Å²) in [5.74, 6) is -0.0213. The van der Waals surface area contributed by atoms with Crippen molar-refractivity contribution in [1.29, 1.82) is 0 Å². The van der Waals surface area contributed by atoms with E-state index >= 15 is 0 Å². The molecule has 0 heterocycles. The zero-order valence-corrected chi connectivity index (χ0v) is 17.7. The molecule has 0 fully saturated rings. The maximum absolute atomic E-state index is 11.9. The molecule has 150 valence electrons. The number of rotatable bonds is 7. The van der Waals surface area contributed by atoms with Crippen molar-refractivity contribution in [3.05, 3.63) is 59.7 Å². The largest absolute Gasteiger partial charge is 0.382 e. The number of hydrogen-bond donors (Lipinski definition) is 0. The van der Waals surface area contributed by atoms with Crippen molar-refractivity contribution in [2.75, 3.05) is 12.5 Å². The lowest BCUT2D eigenvalue weighted by molar-refractivity contribution is 0.482. The Morgan fingerprint density at radius 3 is 2.04 bits per heavy atom. The molecule has 6 nitrogen and oxygen atoms in total. The molecule has 28 heavy (non-hydrogen) atoms. The summed E-state index contributed by atoms with van der Waals surface area (Å²) in [7, 11) is -7.70. The second kappa shape index (κ2) is 8.62. The van der Waals surface area contributed by atoms with Crippen LogP contribution in [0.5, 0.6) is 11.5 Å². The molecule has 0 atom stereocenters. The quantitative estimate of drug-likeness (QED) is 0.625. The van der Waals surface area contributed by atoms with Gasteiger partial charge in [-0.3, -0.25) is 0 Å². The summed E-state index contributed by atoms with van der Waals surface area (Å²) in [6, 6.07) is 10.5. The highest BCUT2D eigenvalue weighted by molar-refractivity contribution is 7.86. The Morgan fingerprint density at radius 2 is 1.46 bits per heavy atom. The number of hydrogen-bond acceptors (Lipinski definition) is 6. The molecule has 0 spiro atoms. The summed E-state index contributed by atoms with van der Waals surface area (Å²) in [5.41, 5.74) is 2.35. The summed E-state index contributed by atoms with van der Waals surface area (Å²) in [6.45, 7) is 3.61. The zero-order valence-electron chi connectivity index (χ0n) is 16.0. The molecule has 0 aliphatic carbocycles. The van der Waals surface area contributed by atoms with Gasteiger partial charge < -0.3 is 8.37 Å². The van der Waals surface area contributed by atoms with Gasteiger partial charge in [0.25, 0.3) is 0 Å². The van der Waals surface area contributed by atoms with Crippen molar-refractivity contribution in [3.8, 4) is 22.6 Å². The van der Waals surface area contributed by atoms with Gasteiger partial charge in [0, 0.05) is 5.56 Å². The maximum atomic E-state index is 11.9. The Hall–Kier alpha value is -2.58. The van der Waals surface area contributed by atoms with Crippen LogP contribution in [-0.2, 0) is 20.2 Å². The van der Waals surface area contributed by atoms with E-state index in [4.69, 9.17) is 8.37 Å². The highest BCUT2D eigenvalue weighted by atomic mass is 32.2. The lowest BCUT2D eigenvalue weighted by atomic mass is 9.98. The highest BCUT2D eigenvalue weighted by Crippen LogP contribution is 2.41. The van der Waals surface area contributed by atoms with Gasteiger partial charge in [-0.25, -0.2) is 0 Å². The van der Waals surface area contributed by atoms with Crippen molar-refractivity contribution in [2.24, 2.45) is 0 Å². The monoisotopic (exact) mass is 422 g/mol. The van der Waals surface area contributed by atoms with Gasteiger partial charge in [-0.2, -0.15) is 16.8 Å². The smallest absolute Gasteiger partial charge is 0.306 e. The summed E-state index contributed by atoms with van der Waals surface area (Å²) in [4.78, 5) is 0. The van der Waals surface area contributed by atoms with Gasteiger partial charge in [0.1, 0.15) is 0 Å². The van der Waals surface area contributed by atoms with E-state index in [1.54, 1.807) is 25.1 Å². The van der Waals surface area contributed by atoms with Crippen LogP contribution in [-0.4, -0.2) is 29.3 Å². The first-order valence-corrected chi connectivity index (χ1v) is 12.0. The van der Waals surface area contributed by atoms with Gasteiger partial charge in [0.2, 0.25) is 0 Å². The molecule has 0 bridgehead atoms. The standard InChI is InChI=1S/C20H22O6S2/c1-5-8-15-10-7-11-16(14-15)17-12-13-19(25-27(3,21)22)18(9-6-2)20(17)26-28(4,23)24/h5-14H,1-4H3. The second-order valence-corrected chi connectivity index (χ2v) is 9.20. The minimum absolute atomic E-state index is 0.000576. The molecule has 2 aromatic rings. The van der Waals surface area contributed by atoms with Gasteiger partial charge in [-0.05, 0) is 43.2 Å². The topological polar surface area (TPSA) is 86.7 Å². The van der Waals surface area contributed by atoms with E-state index in [1.807, 2.05) is 43.3 Å². The Bertz CT molecular complexity index is 1130. The van der Waals surface area contributed by atoms with Crippen LogP contribution in [0.1, 0.15) is 25.0 Å². The molecule has 8 heteroatoms. The number of benzene rings is 2. The third-order valence-electron chi connectivity index (χ3n) is 3.52. The first-order valence-electron chi connectivity index (χ1n) is 8.36. The van der Waals surface area contributed by atoms with Crippen molar-refractivity contribution >= 4 is 32.4 Å². The molecule has 2 rings (SSSR count). The Morgan fingerprint density at radius 1 is 0.821 bits per heavy atom. The lowest BCUT2D eigenvalue weighted by Gasteiger charge is -2.16. The van der Waals surface area contributed by atoms with E-state index in [0.29, 0.717) is 11.1 Å². The van der Waals surface area contributed by atoms with Crippen LogP contribution < -0.4 is 8.37 Å². The summed E-state index contributed by atoms with van der Waals surface area (Å²) in [6.07, 6.45) is 8.82. The Labute approximate surface area is 166 Å². The average molecular weight is 423 g/mol. The van der Waals surface area contributed by atoms with Crippen LogP contribution in [0, 0.1) is 0 Å². The van der Waals surface area contributed by atoms with Crippen LogP contribution in [0.15, 0.2) is 48.6 Å². The maximum Gasteiger partial charge on any atom is 0.306 e. The van der Waals surface area contributed by atoms with Crippen LogP contribution in [0.25, 0.3) is 23.3 Å². The molecule has 0 radical (unpaired) electrons. The molecular weight excluding hydrogens is 400 g/mol. The van der Waals surface area contributed by atoms with Crippen LogP contribution >= 0.6 is 0 Å². The first kappa shape index (κ1) is 21.7. The minimum Gasteiger partial charge on any atom is -0.382 e. The lowest BCUT2D eigenvalue weighted by Crippen LogP contribution is -2.11. The van der Waals surface area contributed by atoms with Gasteiger partial charge in [-0.15, -0.1) is 0 Å². The summed E-state index contributed by atoms with van der Waals surface area (Å²) < 4.78 is 57.3. The molecule has 0 N–H and O–H groups in total. The van der Waals surface area contributed by atoms with E-state index in [1.165, 1.54) is 6.07 Å². The van der Waals surface area contributed by atoms with Crippen LogP contribution in [0.4, 0.5) is 0 Å². The normalized spacial score (nSPS) is 12.6. The fraction of sp³-hybridized carbons (Fsp3) is 0.200. The van der Waals surface area contributed by atoms with Crippen LogP contribution in [0.3, 0.4) is 0 Å². The molecule has 0 aliphatic heterocycles. The molecule has 0 unspecified atom stereocenters. The zero-order chi connectivity index (χ0) is 20.9. The highest BCUT2D eigenvalue weighted by Gasteiger charge is 2.21. The first-order chi connectivity index (χ1) is 13.0. The van der Waals surface area contributed by atoms with E-state index in [2.05, 4.69) is 0 Å². The number of allylic oxidation sites excluding steroid dienone is 2. The molecule has 0 saturated heterocycles. The second-order valence-electron chi connectivity index (χ2n) is 6.05. The van der Waals surface area contributed by atoms with Gasteiger partial charge in [-0.1, -0.05) is 42.5 Å². The summed E-state index contributed by atoms with van der Waals surface area (Å²) in [5, 5.41) is 0. The minimum atomic E-state index is -3.88. The molecule has 0 saturated carbocycles. The molecule has 0 aliphatic rings. The van der Waals surface area contributed by atoms with Crippen molar-refractivity contribution < 1.29 is 25.2 Å². The molecule has 0 amide bonds. The van der Waals surface area contributed by atoms with E-state index in [0.717, 1.165) is 18.1 Å². The van der Waals surface area contributed by atoms with Gasteiger partial charge in [0.15, 0.2) is 11.5 Å². The molecular formula is C20H22O6S2. The Balaban J connectivity index is 2.82. The molecule has 0 aromatic heterocycles. The van der Waals surface area contributed by atoms with E-state index < -0.39 is 20.2 Å². The predicted molar refractivity (Wildman–Crippen MR) is 112 cm³/mol. The third kappa shape index (κ3) is 5.97.